The molecule has 1 heterocycles. The summed E-state index contributed by atoms with van der Waals surface area (Å²) < 4.78 is 5.39. The van der Waals surface area contributed by atoms with E-state index in [2.05, 4.69) is 56.8 Å². The number of phenolic OH excluding ortho intramolecular Hbond substituents is 1. The van der Waals surface area contributed by atoms with Crippen LogP contribution in [0, 0.1) is 5.92 Å². The number of rotatable bonds is 6. The molecule has 1 saturated carbocycles. The summed E-state index contributed by atoms with van der Waals surface area (Å²) >= 11 is 0. The Morgan fingerprint density at radius 1 is 1.09 bits per heavy atom. The summed E-state index contributed by atoms with van der Waals surface area (Å²) in [6, 6.07) is 4.09. The highest BCUT2D eigenvalue weighted by Crippen LogP contribution is 2.41. The maximum Gasteiger partial charge on any atom is 0.407 e. The molecule has 0 spiro atoms. The smallest absolute Gasteiger partial charge is 0.407 e. The molecule has 6 nitrogen and oxygen atoms in total. The number of alkyl carbamates (subject to hydrolysis) is 1. The lowest BCUT2D eigenvalue weighted by Crippen LogP contribution is -2.28. The number of hydrogen-bond acceptors (Lipinski definition) is 4. The number of H-pyrrole nitrogens is 1. The highest BCUT2D eigenvalue weighted by molar-refractivity contribution is 5.67. The van der Waals surface area contributed by atoms with Crippen LogP contribution in [0.2, 0.25) is 0 Å². The molecule has 1 amide bonds. The summed E-state index contributed by atoms with van der Waals surface area (Å²) in [5.74, 6) is 1.69. The van der Waals surface area contributed by atoms with Crippen LogP contribution < -0.4 is 5.32 Å². The van der Waals surface area contributed by atoms with E-state index >= 15 is 0 Å². The van der Waals surface area contributed by atoms with E-state index in [4.69, 9.17) is 4.74 Å². The molecule has 1 aliphatic carbocycles. The molecule has 0 bridgehead atoms. The van der Waals surface area contributed by atoms with Gasteiger partial charge in [-0.3, -0.25) is 0 Å². The molecular weight excluding hydrogens is 414 g/mol. The number of phenols is 1. The van der Waals surface area contributed by atoms with Gasteiger partial charge in [-0.25, -0.2) is 9.78 Å². The number of amides is 1. The number of carbonyl (C=O) groups excluding carboxylic acids is 1. The zero-order valence-electron chi connectivity index (χ0n) is 21.2. The van der Waals surface area contributed by atoms with Crippen molar-refractivity contribution in [3.63, 3.8) is 0 Å². The normalized spacial score (nSPS) is 15.5. The van der Waals surface area contributed by atoms with Gasteiger partial charge in [0.05, 0.1) is 18.5 Å². The number of hydrogen-bond donors (Lipinski definition) is 3. The van der Waals surface area contributed by atoms with Gasteiger partial charge in [-0.15, -0.1) is 0 Å². The third kappa shape index (κ3) is 6.75. The molecule has 1 aromatic heterocycles. The summed E-state index contributed by atoms with van der Waals surface area (Å²) in [4.78, 5) is 19.9. The zero-order valence-corrected chi connectivity index (χ0v) is 21.2. The Hall–Kier alpha value is -2.50. The van der Waals surface area contributed by atoms with Crippen LogP contribution in [0.15, 0.2) is 18.3 Å². The Bertz CT molecular complexity index is 909. The molecule has 0 radical (unpaired) electrons. The highest BCUT2D eigenvalue weighted by atomic mass is 16.5. The van der Waals surface area contributed by atoms with Crippen LogP contribution in [0.1, 0.15) is 90.6 Å². The van der Waals surface area contributed by atoms with Crippen molar-refractivity contribution in [1.29, 1.82) is 0 Å². The summed E-state index contributed by atoms with van der Waals surface area (Å²) in [6.45, 7) is 13.6. The fraction of sp³-hybridized carbons (Fsp3) is 0.630. The molecule has 3 rings (SSSR count). The molecule has 2 aromatic rings. The number of ether oxygens (including phenoxy) is 1. The Morgan fingerprint density at radius 3 is 2.27 bits per heavy atom. The molecular formula is C27H41N3O3. The summed E-state index contributed by atoms with van der Waals surface area (Å²) in [7, 11) is 0. The van der Waals surface area contributed by atoms with Crippen molar-refractivity contribution in [2.45, 2.75) is 90.9 Å². The number of aromatic nitrogens is 2. The second kappa shape index (κ2) is 10.2. The maximum atomic E-state index is 12.0. The van der Waals surface area contributed by atoms with Gasteiger partial charge in [-0.1, -0.05) is 60.8 Å². The maximum absolute atomic E-state index is 12.0. The number of nitrogens with zero attached hydrogens (tertiary/aromatic N) is 1. The first-order valence-electron chi connectivity index (χ1n) is 12.3. The van der Waals surface area contributed by atoms with Gasteiger partial charge in [-0.2, -0.15) is 0 Å². The van der Waals surface area contributed by atoms with Crippen LogP contribution >= 0.6 is 0 Å². The van der Waals surface area contributed by atoms with Crippen LogP contribution in [-0.2, 0) is 22.0 Å². The van der Waals surface area contributed by atoms with Crippen molar-refractivity contribution in [2.75, 3.05) is 13.2 Å². The predicted molar refractivity (Wildman–Crippen MR) is 133 cm³/mol. The van der Waals surface area contributed by atoms with E-state index in [1.165, 1.54) is 19.3 Å². The van der Waals surface area contributed by atoms with Gasteiger partial charge in [0.25, 0.3) is 0 Å². The standard InChI is InChI=1S/C27H41N3O3/c1-26(2,3)20-14-19(15-21(24(20)31)27(4,5)6)22-16-29-23(30-22)12-13-28-25(32)33-17-18-10-8-7-9-11-18/h14-16,18,31H,7-13,17H2,1-6H3,(H,28,32)(H,29,30). The van der Waals surface area contributed by atoms with Gasteiger partial charge < -0.3 is 20.1 Å². The lowest BCUT2D eigenvalue weighted by molar-refractivity contribution is 0.116. The lowest BCUT2D eigenvalue weighted by atomic mass is 9.78. The van der Waals surface area contributed by atoms with Gasteiger partial charge in [0.1, 0.15) is 11.6 Å². The molecule has 3 N–H and O–H groups in total. The van der Waals surface area contributed by atoms with Gasteiger partial charge in [0.15, 0.2) is 0 Å². The van der Waals surface area contributed by atoms with Crippen molar-refractivity contribution in [3.05, 3.63) is 35.3 Å². The van der Waals surface area contributed by atoms with Crippen LogP contribution in [0.4, 0.5) is 4.79 Å². The SMILES string of the molecule is CC(C)(C)c1cc(-c2cnc(CCNC(=O)OCC3CCCCC3)[nH]2)cc(C(C)(C)C)c1O. The van der Waals surface area contributed by atoms with E-state index in [0.717, 1.165) is 41.1 Å². The first-order valence-corrected chi connectivity index (χ1v) is 12.3. The van der Waals surface area contributed by atoms with E-state index in [1.54, 1.807) is 0 Å². The van der Waals surface area contributed by atoms with E-state index < -0.39 is 0 Å². The van der Waals surface area contributed by atoms with Gasteiger partial charge in [0.2, 0.25) is 0 Å². The average Bonchev–Trinajstić information content (AvgIpc) is 3.20. The number of aromatic amines is 1. The monoisotopic (exact) mass is 455 g/mol. The van der Waals surface area contributed by atoms with E-state index in [1.807, 2.05) is 18.3 Å². The van der Waals surface area contributed by atoms with E-state index in [9.17, 15) is 9.90 Å². The van der Waals surface area contributed by atoms with Gasteiger partial charge >= 0.3 is 6.09 Å². The Morgan fingerprint density at radius 2 is 1.70 bits per heavy atom. The van der Waals surface area contributed by atoms with Crippen molar-refractivity contribution < 1.29 is 14.6 Å². The molecule has 0 saturated heterocycles. The lowest BCUT2D eigenvalue weighted by Gasteiger charge is -2.28. The third-order valence-corrected chi connectivity index (χ3v) is 6.47. The predicted octanol–water partition coefficient (Wildman–Crippen LogP) is 6.23. The van der Waals surface area contributed by atoms with Crippen molar-refractivity contribution in [1.82, 2.24) is 15.3 Å². The topological polar surface area (TPSA) is 87.2 Å². The molecule has 0 atom stereocenters. The number of aromatic hydroxyl groups is 1. The number of imidazole rings is 1. The van der Waals surface area contributed by atoms with Crippen LogP contribution in [0.25, 0.3) is 11.3 Å². The molecule has 1 aliphatic rings. The highest BCUT2D eigenvalue weighted by Gasteiger charge is 2.27. The largest absolute Gasteiger partial charge is 0.507 e. The minimum atomic E-state index is -0.351. The fourth-order valence-corrected chi connectivity index (χ4v) is 4.45. The van der Waals surface area contributed by atoms with E-state index in [0.29, 0.717) is 31.2 Å². The average molecular weight is 456 g/mol. The summed E-state index contributed by atoms with van der Waals surface area (Å²) in [5, 5.41) is 13.8. The Balaban J connectivity index is 1.63. The van der Waals surface area contributed by atoms with Crippen LogP contribution in [0.3, 0.4) is 0 Å². The quantitative estimate of drug-likeness (QED) is 0.482. The van der Waals surface area contributed by atoms with Crippen LogP contribution in [-0.4, -0.2) is 34.3 Å². The molecule has 0 aliphatic heterocycles. The molecule has 6 heteroatoms. The second-order valence-electron chi connectivity index (χ2n) is 11.4. The number of carbonyl (C=O) groups is 1. The Kier molecular flexibility index (Phi) is 7.76. The molecule has 1 fully saturated rings. The number of benzene rings is 1. The first kappa shape index (κ1) is 25.1. The third-order valence-electron chi connectivity index (χ3n) is 6.47. The fourth-order valence-electron chi connectivity index (χ4n) is 4.45. The van der Waals surface area contributed by atoms with Crippen molar-refractivity contribution in [2.24, 2.45) is 5.92 Å². The van der Waals surface area contributed by atoms with Crippen molar-refractivity contribution in [3.8, 4) is 17.0 Å². The molecule has 1 aromatic carbocycles. The van der Waals surface area contributed by atoms with E-state index in [-0.39, 0.29) is 16.9 Å². The minimum Gasteiger partial charge on any atom is -0.507 e. The summed E-state index contributed by atoms with van der Waals surface area (Å²) in [6.07, 6.45) is 8.17. The molecule has 33 heavy (non-hydrogen) atoms. The molecule has 182 valence electrons. The summed E-state index contributed by atoms with van der Waals surface area (Å²) in [5.41, 5.74) is 3.37. The zero-order chi connectivity index (χ0) is 24.2. The van der Waals surface area contributed by atoms with Crippen molar-refractivity contribution >= 4 is 6.09 Å². The second-order valence-corrected chi connectivity index (χ2v) is 11.4. The van der Waals surface area contributed by atoms with Gasteiger partial charge in [0, 0.05) is 29.7 Å². The molecule has 0 unspecified atom stereocenters. The van der Waals surface area contributed by atoms with Gasteiger partial charge in [-0.05, 0) is 41.7 Å². The van der Waals surface area contributed by atoms with Crippen LogP contribution in [0.5, 0.6) is 5.75 Å². The Labute approximate surface area is 198 Å². The minimum absolute atomic E-state index is 0.190. The first-order chi connectivity index (χ1) is 15.4. The number of nitrogens with one attached hydrogen (secondary N) is 2.